The van der Waals surface area contributed by atoms with Gasteiger partial charge in [0.05, 0.1) is 0 Å². The quantitative estimate of drug-likeness (QED) is 0.137. The first-order chi connectivity index (χ1) is 16.3. The van der Waals surface area contributed by atoms with Crippen LogP contribution in [-0.4, -0.2) is 79.9 Å². The molecule has 0 amide bonds. The van der Waals surface area contributed by atoms with Gasteiger partial charge in [-0.05, 0) is 0 Å². The van der Waals surface area contributed by atoms with Gasteiger partial charge in [-0.25, -0.2) is 0 Å². The molecule has 0 N–H and O–H groups in total. The molecule has 0 nitrogen and oxygen atoms in total. The average Bonchev–Trinajstić information content (AvgIpc) is 2.90. The fourth-order valence-electron chi connectivity index (χ4n) is 3.72. The Kier molecular flexibility index (Phi) is 17.3. The van der Waals surface area contributed by atoms with Gasteiger partial charge in [0.25, 0.3) is 0 Å². The second kappa shape index (κ2) is 18.4. The normalized spacial score (nSPS) is 33.5. The van der Waals surface area contributed by atoms with E-state index in [0.29, 0.717) is 0 Å². The van der Waals surface area contributed by atoms with E-state index in [1.807, 2.05) is 0 Å². The van der Waals surface area contributed by atoms with Crippen molar-refractivity contribution in [3.63, 3.8) is 0 Å². The number of hydrogen-bond acceptors (Lipinski definition) is 12. The van der Waals surface area contributed by atoms with E-state index >= 15 is 0 Å². The van der Waals surface area contributed by atoms with E-state index in [9.17, 15) is 0 Å². The molecule has 4 aliphatic rings. The fourth-order valence-corrected chi connectivity index (χ4v) is 68.3. The van der Waals surface area contributed by atoms with Crippen molar-refractivity contribution in [1.29, 1.82) is 0 Å². The molecular formula is C20H36S12Sn. The Morgan fingerprint density at radius 1 is 0.455 bits per heavy atom. The molecule has 4 rings (SSSR count). The zero-order chi connectivity index (χ0) is 22.6. The summed E-state index contributed by atoms with van der Waals surface area (Å²) >= 11 is -2.50. The summed E-state index contributed by atoms with van der Waals surface area (Å²) < 4.78 is 0. The van der Waals surface area contributed by atoms with Gasteiger partial charge < -0.3 is 0 Å². The van der Waals surface area contributed by atoms with Crippen LogP contribution in [0.4, 0.5) is 0 Å². The molecule has 33 heavy (non-hydrogen) atoms. The van der Waals surface area contributed by atoms with Crippen molar-refractivity contribution < 1.29 is 0 Å². The van der Waals surface area contributed by atoms with Crippen LogP contribution in [0.15, 0.2) is 0 Å². The zero-order valence-electron chi connectivity index (χ0n) is 19.0. The molecule has 4 aliphatic heterocycles. The third-order valence-electron chi connectivity index (χ3n) is 5.62. The minimum absolute atomic E-state index is 0.908. The fraction of sp³-hybridized carbons (Fsp3) is 1.00. The molecule has 4 saturated heterocycles. The van der Waals surface area contributed by atoms with Crippen molar-refractivity contribution in [3.8, 4) is 0 Å². The predicted molar refractivity (Wildman–Crippen MR) is 188 cm³/mol. The summed E-state index contributed by atoms with van der Waals surface area (Å²) in [5.74, 6) is 11.3. The first kappa shape index (κ1) is 30.9. The van der Waals surface area contributed by atoms with Gasteiger partial charge in [-0.1, -0.05) is 0 Å². The van der Waals surface area contributed by atoms with Crippen LogP contribution < -0.4 is 0 Å². The Labute approximate surface area is 249 Å². The summed E-state index contributed by atoms with van der Waals surface area (Å²) in [6.45, 7) is 0. The van der Waals surface area contributed by atoms with Gasteiger partial charge in [0.2, 0.25) is 0 Å². The Bertz CT molecular complexity index is 426. The second-order valence-electron chi connectivity index (χ2n) is 8.47. The summed E-state index contributed by atoms with van der Waals surface area (Å²) in [5, 5.41) is 3.63. The van der Waals surface area contributed by atoms with Crippen LogP contribution in [0, 0.1) is 0 Å². The molecule has 0 spiro atoms. The Hall–Kier alpha value is 5.00. The van der Waals surface area contributed by atoms with Gasteiger partial charge in [0, 0.05) is 0 Å². The molecular weight excluding hydrogens is 744 g/mol. The van der Waals surface area contributed by atoms with Gasteiger partial charge in [-0.15, -0.1) is 0 Å². The van der Waals surface area contributed by atoms with Crippen LogP contribution in [0.1, 0.15) is 51.4 Å². The van der Waals surface area contributed by atoms with Crippen molar-refractivity contribution >= 4 is 135 Å². The number of rotatable bonds is 12. The van der Waals surface area contributed by atoms with Gasteiger partial charge >= 0.3 is 253 Å². The van der Waals surface area contributed by atoms with E-state index in [4.69, 9.17) is 0 Å². The molecule has 4 heterocycles. The molecule has 4 fully saturated rings. The van der Waals surface area contributed by atoms with E-state index < -0.39 is 12.8 Å². The molecule has 192 valence electrons. The van der Waals surface area contributed by atoms with Crippen LogP contribution in [0.25, 0.3) is 0 Å². The van der Waals surface area contributed by atoms with Crippen LogP contribution in [0.5, 0.6) is 0 Å². The maximum atomic E-state index is 2.56. The molecule has 4 atom stereocenters. The molecule has 0 saturated carbocycles. The molecule has 13 heteroatoms. The molecule has 0 aliphatic carbocycles. The standard InChI is InChI=1S/4C5H10S3.Sn/c4*6-4-5-2-1-3-7-8-5;/h4*5-6H,1-4H2;/q;;;;+4/p-4. The van der Waals surface area contributed by atoms with Gasteiger partial charge in [0.1, 0.15) is 0 Å². The number of hydrogen-bond donors (Lipinski definition) is 0. The molecule has 0 aromatic carbocycles. The summed E-state index contributed by atoms with van der Waals surface area (Å²) in [5.41, 5.74) is 0. The Morgan fingerprint density at radius 2 is 0.727 bits per heavy atom. The minimum atomic E-state index is -2.50. The van der Waals surface area contributed by atoms with Gasteiger partial charge in [0.15, 0.2) is 0 Å². The second-order valence-corrected chi connectivity index (χ2v) is 61.7. The first-order valence-electron chi connectivity index (χ1n) is 12.0. The van der Waals surface area contributed by atoms with Crippen molar-refractivity contribution in [1.82, 2.24) is 0 Å². The summed E-state index contributed by atoms with van der Waals surface area (Å²) in [4.78, 5) is 0. The van der Waals surface area contributed by atoms with Gasteiger partial charge in [-0.2, -0.15) is 0 Å². The molecule has 0 radical (unpaired) electrons. The first-order valence-corrected chi connectivity index (χ1v) is 39.5. The van der Waals surface area contributed by atoms with Crippen LogP contribution >= 0.6 is 122 Å². The van der Waals surface area contributed by atoms with Crippen molar-refractivity contribution in [3.05, 3.63) is 0 Å². The molecule has 0 aromatic rings. The molecule has 0 aromatic heterocycles. The van der Waals surface area contributed by atoms with E-state index in [1.54, 1.807) is 0 Å². The van der Waals surface area contributed by atoms with Crippen molar-refractivity contribution in [2.75, 3.05) is 46.0 Å². The summed E-state index contributed by atoms with van der Waals surface area (Å²) in [6, 6.07) is 0. The molecule has 4 unspecified atom stereocenters. The third-order valence-corrected chi connectivity index (χ3v) is 68.4. The monoisotopic (exact) mass is 780 g/mol. The zero-order valence-corrected chi connectivity index (χ0v) is 31.7. The summed E-state index contributed by atoms with van der Waals surface area (Å²) in [6.07, 6.45) is 11.6. The van der Waals surface area contributed by atoms with Gasteiger partial charge in [-0.3, -0.25) is 0 Å². The van der Waals surface area contributed by atoms with E-state index in [2.05, 4.69) is 122 Å². The predicted octanol–water partition coefficient (Wildman–Crippen LogP) is 10.5. The SMILES string of the molecule is C1CSSC(C[S][Sn]([S]CC2CCCSS2)([S]CC2CCCSS2)[S]CC2CCCSS2)C1. The van der Waals surface area contributed by atoms with Crippen LogP contribution in [-0.2, 0) is 0 Å². The average molecular weight is 780 g/mol. The van der Waals surface area contributed by atoms with E-state index in [-0.39, 0.29) is 0 Å². The summed E-state index contributed by atoms with van der Waals surface area (Å²) in [7, 11) is 27.7. The van der Waals surface area contributed by atoms with Crippen LogP contribution in [0.3, 0.4) is 0 Å². The Balaban J connectivity index is 1.40. The van der Waals surface area contributed by atoms with Crippen LogP contribution in [0.2, 0.25) is 0 Å². The molecule has 0 bridgehead atoms. The van der Waals surface area contributed by atoms with E-state index in [0.717, 1.165) is 21.0 Å². The van der Waals surface area contributed by atoms with Crippen molar-refractivity contribution in [2.45, 2.75) is 72.4 Å². The Morgan fingerprint density at radius 3 is 0.939 bits per heavy atom. The van der Waals surface area contributed by atoms with Crippen molar-refractivity contribution in [2.24, 2.45) is 0 Å². The maximum absolute atomic E-state index is 2.56. The third kappa shape index (κ3) is 12.2. The van der Waals surface area contributed by atoms with E-state index in [1.165, 1.54) is 97.4 Å². The topological polar surface area (TPSA) is 0 Å².